The molecule has 0 aromatic rings. The van der Waals surface area contributed by atoms with E-state index < -0.39 is 29.4 Å². The third kappa shape index (κ3) is 4.19. The molecular weight excluding hydrogens is 356 g/mol. The van der Waals surface area contributed by atoms with Gasteiger partial charge in [0.05, 0.1) is 6.10 Å². The summed E-state index contributed by atoms with van der Waals surface area (Å²) in [5, 5.41) is 31.1. The molecule has 1 rings (SSSR count). The molecule has 28 heavy (non-hydrogen) atoms. The lowest BCUT2D eigenvalue weighted by molar-refractivity contribution is -0.156. The van der Waals surface area contributed by atoms with Crippen LogP contribution in [-0.4, -0.2) is 33.4 Å². The van der Waals surface area contributed by atoms with E-state index in [-0.39, 0.29) is 17.4 Å². The first-order valence-corrected chi connectivity index (χ1v) is 10.5. The minimum Gasteiger partial charge on any atom is -0.481 e. The number of aliphatic hydroxyl groups excluding tert-OH is 1. The second-order valence-electron chi connectivity index (χ2n) is 8.75. The van der Waals surface area contributed by atoms with Gasteiger partial charge in [-0.15, -0.1) is 0 Å². The first-order chi connectivity index (χ1) is 13.0. The molecule has 5 heteroatoms. The molecule has 5 nitrogen and oxygen atoms in total. The van der Waals surface area contributed by atoms with Crippen LogP contribution in [-0.2, 0) is 9.59 Å². The van der Waals surface area contributed by atoms with Crippen LogP contribution < -0.4 is 0 Å². The fraction of sp³-hybridized carbons (Fsp3) is 0.739. The van der Waals surface area contributed by atoms with Crippen molar-refractivity contribution in [2.45, 2.75) is 86.7 Å². The monoisotopic (exact) mass is 394 g/mol. The summed E-state index contributed by atoms with van der Waals surface area (Å²) in [7, 11) is 0. The molecule has 0 fully saturated rings. The maximum atomic E-state index is 12.6. The third-order valence-electron chi connectivity index (χ3n) is 6.31. The average Bonchev–Trinajstić information content (AvgIpc) is 2.56. The molecule has 160 valence electrons. The number of hydrogen-bond acceptors (Lipinski definition) is 3. The standard InChI is InChI=1S/C23H38O5/c1-8-9-10-11-12-17-18(13(2)3)15(6)23(14(4)5,22(27)28)20(16(7)24)19(17)21(25)26/h13-14,16,20,24H,8-12H2,1-7H3,(H,25,26)(H,27,28). The van der Waals surface area contributed by atoms with Gasteiger partial charge in [0.1, 0.15) is 5.41 Å². The number of carboxylic acid groups (broad SMARTS) is 2. The minimum atomic E-state index is -1.44. The molecule has 0 spiro atoms. The Labute approximate surface area is 169 Å². The highest BCUT2D eigenvalue weighted by Crippen LogP contribution is 2.55. The highest BCUT2D eigenvalue weighted by Gasteiger charge is 2.58. The summed E-state index contributed by atoms with van der Waals surface area (Å²) in [6.45, 7) is 13.0. The van der Waals surface area contributed by atoms with E-state index in [1.54, 1.807) is 13.8 Å². The van der Waals surface area contributed by atoms with Gasteiger partial charge < -0.3 is 15.3 Å². The molecule has 3 atom stereocenters. The van der Waals surface area contributed by atoms with Gasteiger partial charge in [0, 0.05) is 11.5 Å². The zero-order valence-corrected chi connectivity index (χ0v) is 18.5. The molecule has 0 amide bonds. The van der Waals surface area contributed by atoms with E-state index >= 15 is 0 Å². The summed E-state index contributed by atoms with van der Waals surface area (Å²) in [6.07, 6.45) is 3.55. The molecule has 0 saturated heterocycles. The van der Waals surface area contributed by atoms with Crippen LogP contribution in [0.5, 0.6) is 0 Å². The molecular formula is C23H38O5. The number of unbranched alkanes of at least 4 members (excludes halogenated alkanes) is 3. The van der Waals surface area contributed by atoms with Gasteiger partial charge in [-0.05, 0) is 49.7 Å². The number of hydrogen-bond donors (Lipinski definition) is 3. The number of allylic oxidation sites excluding steroid dienone is 2. The van der Waals surface area contributed by atoms with Crippen LogP contribution in [0.4, 0.5) is 0 Å². The Morgan fingerprint density at radius 2 is 1.61 bits per heavy atom. The molecule has 0 heterocycles. The Morgan fingerprint density at radius 3 is 1.96 bits per heavy atom. The first-order valence-electron chi connectivity index (χ1n) is 10.5. The summed E-state index contributed by atoms with van der Waals surface area (Å²) in [5.41, 5.74) is 0.943. The fourth-order valence-corrected chi connectivity index (χ4v) is 5.24. The van der Waals surface area contributed by atoms with Crippen LogP contribution in [0.1, 0.15) is 80.6 Å². The first kappa shape index (κ1) is 24.4. The Morgan fingerprint density at radius 1 is 1.04 bits per heavy atom. The molecule has 3 N–H and O–H groups in total. The Hall–Kier alpha value is -1.62. The van der Waals surface area contributed by atoms with Crippen LogP contribution in [0, 0.1) is 23.2 Å². The molecule has 3 unspecified atom stereocenters. The van der Waals surface area contributed by atoms with Crippen molar-refractivity contribution in [1.82, 2.24) is 0 Å². The molecule has 0 radical (unpaired) electrons. The van der Waals surface area contributed by atoms with Gasteiger partial charge in [-0.2, -0.15) is 0 Å². The minimum absolute atomic E-state index is 0.00273. The maximum Gasteiger partial charge on any atom is 0.332 e. The topological polar surface area (TPSA) is 94.8 Å². The summed E-state index contributed by atoms with van der Waals surface area (Å²) in [6, 6.07) is 0. The summed E-state index contributed by atoms with van der Waals surface area (Å²) in [5.74, 6) is -3.52. The number of aliphatic hydroxyl groups is 1. The highest BCUT2D eigenvalue weighted by molar-refractivity contribution is 5.94. The summed E-state index contributed by atoms with van der Waals surface area (Å²) < 4.78 is 0. The van der Waals surface area contributed by atoms with Gasteiger partial charge in [-0.1, -0.05) is 59.5 Å². The zero-order valence-electron chi connectivity index (χ0n) is 18.5. The van der Waals surface area contributed by atoms with E-state index in [4.69, 9.17) is 0 Å². The zero-order chi connectivity index (χ0) is 21.8. The third-order valence-corrected chi connectivity index (χ3v) is 6.31. The van der Waals surface area contributed by atoms with Gasteiger partial charge in [-0.3, -0.25) is 4.79 Å². The van der Waals surface area contributed by atoms with E-state index in [0.717, 1.165) is 36.8 Å². The molecule has 0 bridgehead atoms. The number of aliphatic carboxylic acids is 2. The van der Waals surface area contributed by atoms with E-state index in [1.165, 1.54) is 6.92 Å². The Bertz CT molecular complexity index is 654. The van der Waals surface area contributed by atoms with Crippen LogP contribution in [0.2, 0.25) is 0 Å². The maximum absolute atomic E-state index is 12.6. The highest BCUT2D eigenvalue weighted by atomic mass is 16.4. The fourth-order valence-electron chi connectivity index (χ4n) is 5.24. The van der Waals surface area contributed by atoms with Crippen LogP contribution in [0.3, 0.4) is 0 Å². The number of carbonyl (C=O) groups is 2. The molecule has 0 aliphatic heterocycles. The van der Waals surface area contributed by atoms with E-state index in [9.17, 15) is 24.9 Å². The van der Waals surface area contributed by atoms with Crippen LogP contribution in [0.15, 0.2) is 22.3 Å². The van der Waals surface area contributed by atoms with Crippen molar-refractivity contribution >= 4 is 11.9 Å². The van der Waals surface area contributed by atoms with Crippen molar-refractivity contribution in [3.8, 4) is 0 Å². The molecule has 1 aliphatic carbocycles. The van der Waals surface area contributed by atoms with Gasteiger partial charge >= 0.3 is 11.9 Å². The van der Waals surface area contributed by atoms with Crippen molar-refractivity contribution < 1.29 is 24.9 Å². The Kier molecular flexibility index (Phi) is 8.48. The molecule has 0 saturated carbocycles. The second kappa shape index (κ2) is 9.73. The van der Waals surface area contributed by atoms with Gasteiger partial charge in [0.25, 0.3) is 0 Å². The van der Waals surface area contributed by atoms with Crippen molar-refractivity contribution in [1.29, 1.82) is 0 Å². The van der Waals surface area contributed by atoms with Gasteiger partial charge in [0.15, 0.2) is 0 Å². The second-order valence-corrected chi connectivity index (χ2v) is 8.75. The quantitative estimate of drug-likeness (QED) is 0.451. The predicted molar refractivity (Wildman–Crippen MR) is 111 cm³/mol. The average molecular weight is 395 g/mol. The summed E-state index contributed by atoms with van der Waals surface area (Å²) in [4.78, 5) is 25.0. The number of rotatable bonds is 10. The predicted octanol–water partition coefficient (Wildman–Crippen LogP) is 5.05. The van der Waals surface area contributed by atoms with Crippen molar-refractivity contribution in [3.63, 3.8) is 0 Å². The Balaban J connectivity index is 3.85. The van der Waals surface area contributed by atoms with Crippen molar-refractivity contribution in [2.75, 3.05) is 0 Å². The van der Waals surface area contributed by atoms with Gasteiger partial charge in [-0.25, -0.2) is 4.79 Å². The van der Waals surface area contributed by atoms with Gasteiger partial charge in [0.2, 0.25) is 0 Å². The van der Waals surface area contributed by atoms with Crippen LogP contribution in [0.25, 0.3) is 0 Å². The van der Waals surface area contributed by atoms with Crippen LogP contribution >= 0.6 is 0 Å². The van der Waals surface area contributed by atoms with Crippen molar-refractivity contribution in [2.24, 2.45) is 23.2 Å². The van der Waals surface area contributed by atoms with E-state index in [0.29, 0.717) is 12.0 Å². The molecule has 0 aromatic carbocycles. The summed E-state index contributed by atoms with van der Waals surface area (Å²) >= 11 is 0. The molecule has 0 aromatic heterocycles. The van der Waals surface area contributed by atoms with Crippen molar-refractivity contribution in [3.05, 3.63) is 22.3 Å². The lowest BCUT2D eigenvalue weighted by Gasteiger charge is -2.48. The largest absolute Gasteiger partial charge is 0.481 e. The van der Waals surface area contributed by atoms with E-state index in [2.05, 4.69) is 6.92 Å². The number of carboxylic acids is 2. The van der Waals surface area contributed by atoms with E-state index in [1.807, 2.05) is 20.8 Å². The SMILES string of the molecule is CCCCCCC1=C(C(=O)O)C(C(C)O)C(C(=O)O)(C(C)C)C(C)=C1C(C)C. The lowest BCUT2D eigenvalue weighted by Crippen LogP contribution is -2.52. The normalized spacial score (nSPS) is 24.3. The smallest absolute Gasteiger partial charge is 0.332 e. The molecule has 1 aliphatic rings. The lowest BCUT2D eigenvalue weighted by atomic mass is 9.54.